The summed E-state index contributed by atoms with van der Waals surface area (Å²) in [6.07, 6.45) is 9.59. The molecule has 0 aliphatic heterocycles. The maximum absolute atomic E-state index is 11.9. The highest BCUT2D eigenvalue weighted by atomic mass is 32.3. The van der Waals surface area contributed by atoms with E-state index in [4.69, 9.17) is 11.2 Å². The van der Waals surface area contributed by atoms with E-state index < -0.39 is 10.0 Å². The summed E-state index contributed by atoms with van der Waals surface area (Å²) in [4.78, 5) is 13.0. The van der Waals surface area contributed by atoms with Crippen LogP contribution in [0.25, 0.3) is 0 Å². The number of benzene rings is 1. The van der Waals surface area contributed by atoms with Gasteiger partial charge in [-0.1, -0.05) is 5.92 Å². The minimum Gasteiger partial charge on any atom is -0.465 e. The predicted octanol–water partition coefficient (Wildman–Crippen LogP) is 3.04. The van der Waals surface area contributed by atoms with Crippen molar-refractivity contribution in [3.05, 3.63) is 29.8 Å². The van der Waals surface area contributed by atoms with Gasteiger partial charge in [0.2, 0.25) is 0 Å². The first-order valence-electron chi connectivity index (χ1n) is 5.89. The van der Waals surface area contributed by atoms with E-state index >= 15 is 0 Å². The SMILES string of the molecule is C#Cc1ccc(S(C)(C)C(C)C(=O)OCC)cc1. The molecule has 1 atom stereocenters. The van der Waals surface area contributed by atoms with Gasteiger partial charge in [0, 0.05) is 5.56 Å². The molecule has 0 heterocycles. The highest BCUT2D eigenvalue weighted by Gasteiger charge is 2.29. The molecule has 0 bridgehead atoms. The van der Waals surface area contributed by atoms with Crippen LogP contribution in [0, 0.1) is 12.3 Å². The summed E-state index contributed by atoms with van der Waals surface area (Å²) in [5.41, 5.74) is 0.859. The van der Waals surface area contributed by atoms with Crippen molar-refractivity contribution >= 4 is 16.0 Å². The Morgan fingerprint density at radius 3 is 2.39 bits per heavy atom. The molecular formula is C15H20O2S. The van der Waals surface area contributed by atoms with E-state index in [1.54, 1.807) is 0 Å². The molecule has 0 fully saturated rings. The van der Waals surface area contributed by atoms with Crippen LogP contribution in [0.5, 0.6) is 0 Å². The Morgan fingerprint density at radius 2 is 1.94 bits per heavy atom. The summed E-state index contributed by atoms with van der Waals surface area (Å²) < 4.78 is 5.11. The van der Waals surface area contributed by atoms with Gasteiger partial charge in [-0.2, -0.15) is 0 Å². The summed E-state index contributed by atoms with van der Waals surface area (Å²) in [6, 6.07) is 7.87. The largest absolute Gasteiger partial charge is 0.465 e. The first-order chi connectivity index (χ1) is 8.43. The van der Waals surface area contributed by atoms with Crippen LogP contribution >= 0.6 is 10.0 Å². The van der Waals surface area contributed by atoms with Gasteiger partial charge >= 0.3 is 5.97 Å². The predicted molar refractivity (Wildman–Crippen MR) is 78.2 cm³/mol. The minimum absolute atomic E-state index is 0.117. The Bertz CT molecular complexity index is 454. The van der Waals surface area contributed by atoms with Crippen molar-refractivity contribution in [3.8, 4) is 12.3 Å². The molecule has 1 rings (SSSR count). The summed E-state index contributed by atoms with van der Waals surface area (Å²) in [6.45, 7) is 4.19. The van der Waals surface area contributed by atoms with Crippen LogP contribution < -0.4 is 0 Å². The summed E-state index contributed by atoms with van der Waals surface area (Å²) in [5.74, 6) is 2.47. The Hall–Kier alpha value is -1.40. The quantitative estimate of drug-likeness (QED) is 0.617. The fourth-order valence-corrected chi connectivity index (χ4v) is 3.40. The maximum atomic E-state index is 11.9. The molecule has 0 aliphatic rings. The van der Waals surface area contributed by atoms with Crippen molar-refractivity contribution in [3.63, 3.8) is 0 Å². The van der Waals surface area contributed by atoms with Crippen molar-refractivity contribution in [1.29, 1.82) is 0 Å². The van der Waals surface area contributed by atoms with Crippen LogP contribution in [-0.2, 0) is 9.53 Å². The van der Waals surface area contributed by atoms with Crippen LogP contribution in [0.2, 0.25) is 0 Å². The number of hydrogen-bond acceptors (Lipinski definition) is 2. The molecule has 0 spiro atoms. The van der Waals surface area contributed by atoms with E-state index in [1.165, 1.54) is 4.90 Å². The van der Waals surface area contributed by atoms with Gasteiger partial charge in [0.1, 0.15) is 0 Å². The fourth-order valence-electron chi connectivity index (χ4n) is 1.61. The average molecular weight is 264 g/mol. The van der Waals surface area contributed by atoms with Crippen molar-refractivity contribution < 1.29 is 9.53 Å². The summed E-state index contributed by atoms with van der Waals surface area (Å²) in [5, 5.41) is -0.117. The van der Waals surface area contributed by atoms with Crippen LogP contribution in [0.1, 0.15) is 19.4 Å². The average Bonchev–Trinajstić information content (AvgIpc) is 2.38. The zero-order valence-electron chi connectivity index (χ0n) is 11.4. The molecule has 0 N–H and O–H groups in total. The number of esters is 1. The van der Waals surface area contributed by atoms with E-state index in [9.17, 15) is 4.79 Å². The van der Waals surface area contributed by atoms with E-state index in [-0.39, 0.29) is 11.2 Å². The highest BCUT2D eigenvalue weighted by molar-refractivity contribution is 8.33. The van der Waals surface area contributed by atoms with Crippen molar-refractivity contribution in [2.24, 2.45) is 0 Å². The van der Waals surface area contributed by atoms with Crippen molar-refractivity contribution in [2.45, 2.75) is 24.0 Å². The number of hydrogen-bond donors (Lipinski definition) is 0. The molecule has 1 aromatic rings. The van der Waals surface area contributed by atoms with Crippen molar-refractivity contribution in [2.75, 3.05) is 19.1 Å². The first kappa shape index (κ1) is 14.7. The van der Waals surface area contributed by atoms with Crippen LogP contribution in [0.15, 0.2) is 29.2 Å². The molecule has 0 radical (unpaired) electrons. The van der Waals surface area contributed by atoms with E-state index in [1.807, 2.05) is 38.1 Å². The smallest absolute Gasteiger partial charge is 0.317 e. The third kappa shape index (κ3) is 3.08. The zero-order valence-corrected chi connectivity index (χ0v) is 12.2. The van der Waals surface area contributed by atoms with E-state index in [0.717, 1.165) is 5.56 Å². The Balaban J connectivity index is 2.97. The van der Waals surface area contributed by atoms with Crippen molar-refractivity contribution in [1.82, 2.24) is 0 Å². The van der Waals surface area contributed by atoms with Gasteiger partial charge in [-0.15, -0.1) is 6.42 Å². The van der Waals surface area contributed by atoms with Gasteiger partial charge < -0.3 is 4.74 Å². The number of carbonyl (C=O) groups excluding carboxylic acids is 1. The Morgan fingerprint density at radius 1 is 1.39 bits per heavy atom. The lowest BCUT2D eigenvalue weighted by Gasteiger charge is -2.36. The third-order valence-electron chi connectivity index (χ3n) is 3.13. The number of ether oxygens (including phenoxy) is 1. The van der Waals surface area contributed by atoms with Crippen LogP contribution in [0.4, 0.5) is 0 Å². The standard InChI is InChI=1S/C15H20O2S/c1-6-13-8-10-14(11-9-13)18(4,5)12(3)15(16)17-7-2/h1,8-12H,7H2,2-5H3. The molecule has 2 nitrogen and oxygen atoms in total. The molecule has 0 saturated carbocycles. The molecule has 1 aromatic carbocycles. The Kier molecular flexibility index (Phi) is 4.86. The number of terminal acetylenes is 1. The topological polar surface area (TPSA) is 26.3 Å². The lowest BCUT2D eigenvalue weighted by atomic mass is 10.2. The first-order valence-corrected chi connectivity index (χ1v) is 8.40. The summed E-state index contributed by atoms with van der Waals surface area (Å²) in [7, 11) is -1.23. The van der Waals surface area contributed by atoms with Gasteiger partial charge in [-0.25, -0.2) is 10.0 Å². The number of rotatable bonds is 4. The Labute approximate surface area is 111 Å². The second kappa shape index (κ2) is 5.97. The maximum Gasteiger partial charge on any atom is 0.317 e. The normalized spacial score (nSPS) is 13.5. The van der Waals surface area contributed by atoms with Crippen LogP contribution in [-0.4, -0.2) is 30.3 Å². The third-order valence-corrected chi connectivity index (χ3v) is 6.58. The second-order valence-corrected chi connectivity index (χ2v) is 8.46. The molecule has 0 saturated heterocycles. The van der Waals surface area contributed by atoms with Gasteiger partial charge in [0.25, 0.3) is 0 Å². The lowest BCUT2D eigenvalue weighted by Crippen LogP contribution is -2.25. The molecule has 0 aromatic heterocycles. The summed E-state index contributed by atoms with van der Waals surface area (Å²) >= 11 is 0. The van der Waals surface area contributed by atoms with E-state index in [2.05, 4.69) is 18.4 Å². The van der Waals surface area contributed by atoms with Gasteiger partial charge in [-0.3, -0.25) is 4.79 Å². The van der Waals surface area contributed by atoms with Gasteiger partial charge in [-0.05, 0) is 55.5 Å². The van der Waals surface area contributed by atoms with Gasteiger partial charge in [0.05, 0.1) is 11.9 Å². The fraction of sp³-hybridized carbons (Fsp3) is 0.400. The lowest BCUT2D eigenvalue weighted by molar-refractivity contribution is -0.142. The molecule has 0 amide bonds. The minimum atomic E-state index is -1.23. The monoisotopic (exact) mass is 264 g/mol. The molecule has 0 aliphatic carbocycles. The van der Waals surface area contributed by atoms with Crippen LogP contribution in [0.3, 0.4) is 0 Å². The van der Waals surface area contributed by atoms with Gasteiger partial charge in [0.15, 0.2) is 0 Å². The van der Waals surface area contributed by atoms with E-state index in [0.29, 0.717) is 6.61 Å². The molecule has 18 heavy (non-hydrogen) atoms. The molecule has 98 valence electrons. The number of carbonyl (C=O) groups is 1. The zero-order chi connectivity index (χ0) is 13.8. The second-order valence-electron chi connectivity index (χ2n) is 4.47. The molecule has 1 unspecified atom stereocenters. The highest BCUT2D eigenvalue weighted by Crippen LogP contribution is 2.53. The molecular weight excluding hydrogens is 244 g/mol. The molecule has 3 heteroatoms.